The summed E-state index contributed by atoms with van der Waals surface area (Å²) in [5.74, 6) is 1.89. The molecule has 0 radical (unpaired) electrons. The highest BCUT2D eigenvalue weighted by Crippen LogP contribution is 2.46. The lowest BCUT2D eigenvalue weighted by molar-refractivity contribution is 0.0978. The molecule has 1 heterocycles. The van der Waals surface area contributed by atoms with Crippen molar-refractivity contribution in [3.63, 3.8) is 0 Å². The van der Waals surface area contributed by atoms with Crippen LogP contribution >= 0.6 is 0 Å². The van der Waals surface area contributed by atoms with Gasteiger partial charge in [-0.15, -0.1) is 0 Å². The summed E-state index contributed by atoms with van der Waals surface area (Å²) < 4.78 is 0. The molecule has 1 heteroatoms. The van der Waals surface area contributed by atoms with Gasteiger partial charge in [-0.05, 0) is 49.6 Å². The first kappa shape index (κ1) is 10.5. The quantitative estimate of drug-likeness (QED) is 0.626. The van der Waals surface area contributed by atoms with E-state index in [0.717, 1.165) is 17.3 Å². The van der Waals surface area contributed by atoms with E-state index in [4.69, 9.17) is 0 Å². The molecule has 1 saturated heterocycles. The molecule has 3 atom stereocenters. The third-order valence-electron chi connectivity index (χ3n) is 4.80. The predicted molar refractivity (Wildman–Crippen MR) is 61.3 cm³/mol. The van der Waals surface area contributed by atoms with E-state index >= 15 is 0 Å². The second-order valence-corrected chi connectivity index (χ2v) is 5.75. The first-order valence-electron chi connectivity index (χ1n) is 6.44. The van der Waals surface area contributed by atoms with Crippen LogP contribution in [0.15, 0.2) is 0 Å². The molecule has 3 unspecified atom stereocenters. The van der Waals surface area contributed by atoms with E-state index < -0.39 is 0 Å². The van der Waals surface area contributed by atoms with Gasteiger partial charge < -0.3 is 5.32 Å². The highest BCUT2D eigenvalue weighted by Gasteiger charge is 2.38. The third-order valence-corrected chi connectivity index (χ3v) is 4.80. The number of hydrogen-bond donors (Lipinski definition) is 1. The largest absolute Gasteiger partial charge is 0.316 e. The van der Waals surface area contributed by atoms with Crippen LogP contribution in [0, 0.1) is 17.3 Å². The Hall–Kier alpha value is -0.0400. The fourth-order valence-corrected chi connectivity index (χ4v) is 3.47. The van der Waals surface area contributed by atoms with Crippen molar-refractivity contribution in [2.75, 3.05) is 13.1 Å². The van der Waals surface area contributed by atoms with Crippen LogP contribution in [-0.4, -0.2) is 13.1 Å². The van der Waals surface area contributed by atoms with Gasteiger partial charge in [-0.2, -0.15) is 0 Å². The van der Waals surface area contributed by atoms with Crippen LogP contribution in [0.5, 0.6) is 0 Å². The molecule has 1 saturated carbocycles. The van der Waals surface area contributed by atoms with Gasteiger partial charge >= 0.3 is 0 Å². The molecule has 1 aliphatic heterocycles. The molecule has 1 aliphatic carbocycles. The molecule has 0 amide bonds. The predicted octanol–water partition coefficient (Wildman–Crippen LogP) is 3.20. The van der Waals surface area contributed by atoms with Crippen molar-refractivity contribution in [1.82, 2.24) is 5.32 Å². The van der Waals surface area contributed by atoms with Gasteiger partial charge in [0.1, 0.15) is 0 Å². The Morgan fingerprint density at radius 2 is 1.93 bits per heavy atom. The summed E-state index contributed by atoms with van der Waals surface area (Å²) in [7, 11) is 0. The van der Waals surface area contributed by atoms with E-state index in [1.54, 1.807) is 0 Å². The van der Waals surface area contributed by atoms with Crippen molar-refractivity contribution >= 4 is 0 Å². The zero-order chi connectivity index (χ0) is 10.0. The minimum atomic E-state index is 0.718. The summed E-state index contributed by atoms with van der Waals surface area (Å²) in [6, 6.07) is 0. The van der Waals surface area contributed by atoms with E-state index in [-0.39, 0.29) is 0 Å². The van der Waals surface area contributed by atoms with Gasteiger partial charge in [-0.25, -0.2) is 0 Å². The Balaban J connectivity index is 2.04. The molecule has 0 bridgehead atoms. The van der Waals surface area contributed by atoms with E-state index in [1.807, 2.05) is 0 Å². The summed E-state index contributed by atoms with van der Waals surface area (Å²) in [6.07, 6.45) is 8.86. The molecule has 1 nitrogen and oxygen atoms in total. The minimum Gasteiger partial charge on any atom is -0.316 e. The Morgan fingerprint density at radius 3 is 2.71 bits per heavy atom. The molecule has 2 rings (SSSR count). The standard InChI is InChI=1S/C13H25N/c1-11-4-3-6-13(7-5-11)8-9-14-10-12(13)2/h11-12,14H,3-10H2,1-2H3. The van der Waals surface area contributed by atoms with E-state index in [1.165, 1.54) is 51.6 Å². The average Bonchev–Trinajstić information content (AvgIpc) is 2.36. The summed E-state index contributed by atoms with van der Waals surface area (Å²) in [6.45, 7) is 7.42. The normalized spacial score (nSPS) is 45.0. The first-order valence-corrected chi connectivity index (χ1v) is 6.44. The van der Waals surface area contributed by atoms with E-state index in [9.17, 15) is 0 Å². The smallest absolute Gasteiger partial charge is 0.00178 e. The second kappa shape index (κ2) is 4.22. The molecule has 82 valence electrons. The maximum atomic E-state index is 3.54. The van der Waals surface area contributed by atoms with Gasteiger partial charge in [0.15, 0.2) is 0 Å². The zero-order valence-electron chi connectivity index (χ0n) is 9.81. The molecule has 2 aliphatic rings. The molecule has 2 fully saturated rings. The van der Waals surface area contributed by atoms with Gasteiger partial charge in [-0.1, -0.05) is 33.1 Å². The minimum absolute atomic E-state index is 0.718. The Morgan fingerprint density at radius 1 is 1.07 bits per heavy atom. The van der Waals surface area contributed by atoms with E-state index in [2.05, 4.69) is 19.2 Å². The lowest BCUT2D eigenvalue weighted by atomic mass is 9.67. The van der Waals surface area contributed by atoms with Crippen molar-refractivity contribution in [3.05, 3.63) is 0 Å². The third kappa shape index (κ3) is 1.98. The highest BCUT2D eigenvalue weighted by atomic mass is 14.9. The number of nitrogens with one attached hydrogen (secondary N) is 1. The lowest BCUT2D eigenvalue weighted by Crippen LogP contribution is -2.43. The Bertz CT molecular complexity index is 190. The topological polar surface area (TPSA) is 12.0 Å². The van der Waals surface area contributed by atoms with Crippen LogP contribution in [0.3, 0.4) is 0 Å². The van der Waals surface area contributed by atoms with Gasteiger partial charge in [0.25, 0.3) is 0 Å². The second-order valence-electron chi connectivity index (χ2n) is 5.75. The fraction of sp³-hybridized carbons (Fsp3) is 1.00. The molecule has 0 aromatic heterocycles. The fourth-order valence-electron chi connectivity index (χ4n) is 3.47. The van der Waals surface area contributed by atoms with Gasteiger partial charge in [0.05, 0.1) is 0 Å². The molecule has 0 aromatic carbocycles. The van der Waals surface area contributed by atoms with Crippen LogP contribution in [-0.2, 0) is 0 Å². The summed E-state index contributed by atoms with van der Waals surface area (Å²) in [5, 5.41) is 3.54. The van der Waals surface area contributed by atoms with Crippen molar-refractivity contribution < 1.29 is 0 Å². The summed E-state index contributed by atoms with van der Waals surface area (Å²) in [5.41, 5.74) is 0.718. The molecular weight excluding hydrogens is 170 g/mol. The van der Waals surface area contributed by atoms with Crippen LogP contribution in [0.1, 0.15) is 52.4 Å². The Labute approximate surface area is 88.7 Å². The molecule has 14 heavy (non-hydrogen) atoms. The maximum Gasteiger partial charge on any atom is -0.00178 e. The van der Waals surface area contributed by atoms with Crippen LogP contribution in [0.25, 0.3) is 0 Å². The van der Waals surface area contributed by atoms with Gasteiger partial charge in [0, 0.05) is 0 Å². The van der Waals surface area contributed by atoms with Crippen LogP contribution in [0.2, 0.25) is 0 Å². The summed E-state index contributed by atoms with van der Waals surface area (Å²) >= 11 is 0. The monoisotopic (exact) mass is 195 g/mol. The average molecular weight is 195 g/mol. The van der Waals surface area contributed by atoms with Crippen molar-refractivity contribution in [3.8, 4) is 0 Å². The summed E-state index contributed by atoms with van der Waals surface area (Å²) in [4.78, 5) is 0. The van der Waals surface area contributed by atoms with Crippen molar-refractivity contribution in [2.45, 2.75) is 52.4 Å². The van der Waals surface area contributed by atoms with E-state index in [0.29, 0.717) is 0 Å². The number of rotatable bonds is 0. The molecule has 1 N–H and O–H groups in total. The zero-order valence-corrected chi connectivity index (χ0v) is 9.81. The van der Waals surface area contributed by atoms with Crippen LogP contribution < -0.4 is 5.32 Å². The van der Waals surface area contributed by atoms with Gasteiger partial charge in [-0.3, -0.25) is 0 Å². The molecule has 0 aromatic rings. The molecular formula is C13H25N. The number of hydrogen-bond acceptors (Lipinski definition) is 1. The maximum absolute atomic E-state index is 3.54. The highest BCUT2D eigenvalue weighted by molar-refractivity contribution is 4.91. The van der Waals surface area contributed by atoms with Crippen molar-refractivity contribution in [2.24, 2.45) is 17.3 Å². The van der Waals surface area contributed by atoms with Crippen LogP contribution in [0.4, 0.5) is 0 Å². The molecule has 1 spiro atoms. The SMILES string of the molecule is CC1CCCC2(CCNCC2C)CC1. The van der Waals surface area contributed by atoms with Gasteiger partial charge in [0.2, 0.25) is 0 Å². The Kier molecular flexibility index (Phi) is 3.16. The number of piperidine rings is 1. The lowest BCUT2D eigenvalue weighted by Gasteiger charge is -2.43. The van der Waals surface area contributed by atoms with Crippen molar-refractivity contribution in [1.29, 1.82) is 0 Å². The first-order chi connectivity index (χ1) is 6.73.